The number of hydrogen-bond donors (Lipinski definition) is 0. The van der Waals surface area contributed by atoms with E-state index in [1.807, 2.05) is 6.07 Å². The smallest absolute Gasteiger partial charge is 0.343 e. The summed E-state index contributed by atoms with van der Waals surface area (Å²) in [6, 6.07) is 15.5. The Kier molecular flexibility index (Phi) is 6.58. The third-order valence-corrected chi connectivity index (χ3v) is 3.01. The van der Waals surface area contributed by atoms with Gasteiger partial charge in [-0.1, -0.05) is 24.8 Å². The van der Waals surface area contributed by atoms with Crippen LogP contribution in [0.5, 0.6) is 11.5 Å². The molecule has 0 heterocycles. The van der Waals surface area contributed by atoms with E-state index in [1.165, 1.54) is 0 Å². The van der Waals surface area contributed by atoms with E-state index in [-0.39, 0.29) is 6.61 Å². The number of carbonyl (C=O) groups excluding carboxylic acids is 2. The molecule has 0 radical (unpaired) electrons. The first-order chi connectivity index (χ1) is 11.7. The molecule has 0 spiro atoms. The van der Waals surface area contributed by atoms with Crippen molar-refractivity contribution in [2.75, 3.05) is 13.2 Å². The highest BCUT2D eigenvalue weighted by Gasteiger charge is 2.07. The summed E-state index contributed by atoms with van der Waals surface area (Å²) in [6.45, 7) is 4.00. The number of ether oxygens (including phenoxy) is 3. The van der Waals surface area contributed by atoms with Crippen molar-refractivity contribution in [2.24, 2.45) is 0 Å². The molecular weight excluding hydrogens is 308 g/mol. The molecule has 0 unspecified atom stereocenters. The van der Waals surface area contributed by atoms with Crippen molar-refractivity contribution in [3.63, 3.8) is 0 Å². The molecule has 0 saturated carbocycles. The van der Waals surface area contributed by atoms with Crippen LogP contribution in [0.4, 0.5) is 0 Å². The van der Waals surface area contributed by atoms with Crippen LogP contribution in [0.1, 0.15) is 16.8 Å². The minimum absolute atomic E-state index is 0.275. The molecule has 124 valence electrons. The Labute approximate surface area is 140 Å². The highest BCUT2D eigenvalue weighted by molar-refractivity contribution is 5.90. The van der Waals surface area contributed by atoms with Crippen LogP contribution < -0.4 is 9.47 Å². The van der Waals surface area contributed by atoms with Gasteiger partial charge in [0.15, 0.2) is 0 Å². The quantitative estimate of drug-likeness (QED) is 0.322. The average molecular weight is 326 g/mol. The summed E-state index contributed by atoms with van der Waals surface area (Å²) in [5, 5.41) is 0. The first-order valence-electron chi connectivity index (χ1n) is 7.48. The molecule has 0 fully saturated rings. The van der Waals surface area contributed by atoms with Gasteiger partial charge < -0.3 is 14.2 Å². The molecule has 5 heteroatoms. The lowest BCUT2D eigenvalue weighted by molar-refractivity contribution is -0.137. The van der Waals surface area contributed by atoms with Gasteiger partial charge in [0.25, 0.3) is 0 Å². The van der Waals surface area contributed by atoms with Crippen molar-refractivity contribution in [2.45, 2.75) is 6.42 Å². The van der Waals surface area contributed by atoms with E-state index >= 15 is 0 Å². The van der Waals surface area contributed by atoms with Gasteiger partial charge in [-0.3, -0.25) is 0 Å². The van der Waals surface area contributed by atoms with E-state index in [0.717, 1.165) is 6.08 Å². The second-order valence-electron chi connectivity index (χ2n) is 4.80. The Bertz CT molecular complexity index is 677. The fourth-order valence-corrected chi connectivity index (χ4v) is 1.82. The Hall–Kier alpha value is -3.08. The fourth-order valence-electron chi connectivity index (χ4n) is 1.82. The van der Waals surface area contributed by atoms with Gasteiger partial charge in [-0.15, -0.1) is 0 Å². The van der Waals surface area contributed by atoms with Crippen LogP contribution in [-0.4, -0.2) is 25.2 Å². The second kappa shape index (κ2) is 9.15. The monoisotopic (exact) mass is 326 g/mol. The third kappa shape index (κ3) is 5.61. The molecule has 5 nitrogen and oxygen atoms in total. The Morgan fingerprint density at radius 1 is 0.917 bits per heavy atom. The highest BCUT2D eigenvalue weighted by Crippen LogP contribution is 2.18. The number of hydrogen-bond acceptors (Lipinski definition) is 5. The number of benzene rings is 2. The van der Waals surface area contributed by atoms with Crippen LogP contribution in [0.2, 0.25) is 0 Å². The summed E-state index contributed by atoms with van der Waals surface area (Å²) >= 11 is 0. The minimum Gasteiger partial charge on any atom is -0.493 e. The zero-order valence-electron chi connectivity index (χ0n) is 13.1. The van der Waals surface area contributed by atoms with Gasteiger partial charge in [0, 0.05) is 12.5 Å². The van der Waals surface area contributed by atoms with Gasteiger partial charge in [-0.25, -0.2) is 9.59 Å². The Balaban J connectivity index is 1.75. The highest BCUT2D eigenvalue weighted by atomic mass is 16.5. The van der Waals surface area contributed by atoms with E-state index in [1.54, 1.807) is 48.5 Å². The Morgan fingerprint density at radius 3 is 2.25 bits per heavy atom. The van der Waals surface area contributed by atoms with Crippen molar-refractivity contribution >= 4 is 11.9 Å². The standard InChI is InChI=1S/C19H18O5/c1-2-18(20)23-14-6-13-22-16-9-11-17(12-10-16)24-19(21)15-7-4-3-5-8-15/h2-5,7-12H,1,6,13-14H2. The van der Waals surface area contributed by atoms with Crippen molar-refractivity contribution in [3.05, 3.63) is 72.8 Å². The lowest BCUT2D eigenvalue weighted by atomic mass is 10.2. The molecule has 2 aromatic rings. The fraction of sp³-hybridized carbons (Fsp3) is 0.158. The maximum absolute atomic E-state index is 11.9. The van der Waals surface area contributed by atoms with Gasteiger partial charge in [0.05, 0.1) is 18.8 Å². The molecule has 2 rings (SSSR count). The second-order valence-corrected chi connectivity index (χ2v) is 4.80. The third-order valence-electron chi connectivity index (χ3n) is 3.01. The topological polar surface area (TPSA) is 61.8 Å². The van der Waals surface area contributed by atoms with Crippen molar-refractivity contribution in [1.82, 2.24) is 0 Å². The van der Waals surface area contributed by atoms with Gasteiger partial charge in [0.1, 0.15) is 11.5 Å². The molecule has 0 bridgehead atoms. The summed E-state index contributed by atoms with van der Waals surface area (Å²) in [5.74, 6) is 0.230. The summed E-state index contributed by atoms with van der Waals surface area (Å²) in [4.78, 5) is 22.8. The molecule has 24 heavy (non-hydrogen) atoms. The first-order valence-corrected chi connectivity index (χ1v) is 7.48. The molecule has 0 N–H and O–H groups in total. The van der Waals surface area contributed by atoms with Gasteiger partial charge in [-0.2, -0.15) is 0 Å². The lowest BCUT2D eigenvalue weighted by Gasteiger charge is -2.08. The first kappa shape index (κ1) is 17.3. The van der Waals surface area contributed by atoms with Crippen LogP contribution in [0.25, 0.3) is 0 Å². The van der Waals surface area contributed by atoms with Crippen LogP contribution in [0.3, 0.4) is 0 Å². The number of rotatable bonds is 8. The number of esters is 2. The normalized spacial score (nSPS) is 9.83. The predicted molar refractivity (Wildman–Crippen MR) is 89.1 cm³/mol. The van der Waals surface area contributed by atoms with Crippen LogP contribution in [0.15, 0.2) is 67.3 Å². The zero-order valence-corrected chi connectivity index (χ0v) is 13.1. The van der Waals surface area contributed by atoms with Crippen LogP contribution in [0, 0.1) is 0 Å². The average Bonchev–Trinajstić information content (AvgIpc) is 2.63. The molecule has 0 aliphatic heterocycles. The summed E-state index contributed by atoms with van der Waals surface area (Å²) < 4.78 is 15.6. The maximum Gasteiger partial charge on any atom is 0.343 e. The van der Waals surface area contributed by atoms with E-state index in [4.69, 9.17) is 14.2 Å². The zero-order chi connectivity index (χ0) is 17.2. The van der Waals surface area contributed by atoms with Crippen LogP contribution in [-0.2, 0) is 9.53 Å². The van der Waals surface area contributed by atoms with E-state index in [9.17, 15) is 9.59 Å². The molecule has 0 aromatic heterocycles. The summed E-state index contributed by atoms with van der Waals surface area (Å²) in [6.07, 6.45) is 1.70. The molecule has 0 aliphatic rings. The predicted octanol–water partition coefficient (Wildman–Crippen LogP) is 3.40. The molecule has 2 aromatic carbocycles. The van der Waals surface area contributed by atoms with Gasteiger partial charge in [0.2, 0.25) is 0 Å². The van der Waals surface area contributed by atoms with Crippen LogP contribution >= 0.6 is 0 Å². The lowest BCUT2D eigenvalue weighted by Crippen LogP contribution is -2.08. The molecular formula is C19H18O5. The maximum atomic E-state index is 11.9. The molecule has 0 saturated heterocycles. The van der Waals surface area contributed by atoms with Crippen molar-refractivity contribution < 1.29 is 23.8 Å². The van der Waals surface area contributed by atoms with E-state index in [2.05, 4.69) is 6.58 Å². The van der Waals surface area contributed by atoms with Gasteiger partial charge in [-0.05, 0) is 36.4 Å². The molecule has 0 atom stereocenters. The molecule has 0 aliphatic carbocycles. The van der Waals surface area contributed by atoms with Gasteiger partial charge >= 0.3 is 11.9 Å². The van der Waals surface area contributed by atoms with Crippen molar-refractivity contribution in [3.8, 4) is 11.5 Å². The SMILES string of the molecule is C=CC(=O)OCCCOc1ccc(OC(=O)c2ccccc2)cc1. The summed E-state index contributed by atoms with van der Waals surface area (Å²) in [5.41, 5.74) is 0.492. The van der Waals surface area contributed by atoms with E-state index < -0.39 is 11.9 Å². The van der Waals surface area contributed by atoms with Crippen molar-refractivity contribution in [1.29, 1.82) is 0 Å². The largest absolute Gasteiger partial charge is 0.493 e. The van der Waals surface area contributed by atoms with E-state index in [0.29, 0.717) is 30.1 Å². The summed E-state index contributed by atoms with van der Waals surface area (Å²) in [7, 11) is 0. The Morgan fingerprint density at radius 2 is 1.58 bits per heavy atom. The number of carbonyl (C=O) groups is 2. The minimum atomic E-state index is -0.445. The molecule has 0 amide bonds.